The Bertz CT molecular complexity index is 492. The Hall–Kier alpha value is -1.67. The molecule has 0 spiro atoms. The number of aryl methyl sites for hydroxylation is 1. The van der Waals surface area contributed by atoms with Crippen molar-refractivity contribution in [2.45, 2.75) is 26.3 Å². The van der Waals surface area contributed by atoms with E-state index < -0.39 is 0 Å². The SMILES string of the molecule is Cc1cccc(C(N)Cc2ccccn2)c1C. The second-order valence-corrected chi connectivity index (χ2v) is 4.42. The summed E-state index contributed by atoms with van der Waals surface area (Å²) < 4.78 is 0. The molecule has 0 aliphatic carbocycles. The van der Waals surface area contributed by atoms with E-state index in [4.69, 9.17) is 5.73 Å². The fraction of sp³-hybridized carbons (Fsp3) is 0.267. The van der Waals surface area contributed by atoms with E-state index in [2.05, 4.69) is 37.0 Å². The molecule has 0 saturated heterocycles. The largest absolute Gasteiger partial charge is 0.324 e. The van der Waals surface area contributed by atoms with E-state index in [1.54, 1.807) is 0 Å². The van der Waals surface area contributed by atoms with Gasteiger partial charge in [0.25, 0.3) is 0 Å². The van der Waals surface area contributed by atoms with Crippen LogP contribution in [-0.2, 0) is 6.42 Å². The number of pyridine rings is 1. The molecule has 17 heavy (non-hydrogen) atoms. The lowest BCUT2D eigenvalue weighted by atomic mass is 9.95. The molecule has 1 atom stereocenters. The summed E-state index contributed by atoms with van der Waals surface area (Å²) in [4.78, 5) is 4.32. The minimum absolute atomic E-state index is 0.0183. The van der Waals surface area contributed by atoms with Crippen molar-refractivity contribution in [2.24, 2.45) is 5.73 Å². The van der Waals surface area contributed by atoms with Gasteiger partial charge in [-0.1, -0.05) is 24.3 Å². The van der Waals surface area contributed by atoms with Crippen molar-refractivity contribution in [3.05, 3.63) is 65.0 Å². The summed E-state index contributed by atoms with van der Waals surface area (Å²) in [6.45, 7) is 4.25. The lowest BCUT2D eigenvalue weighted by molar-refractivity contribution is 0.701. The van der Waals surface area contributed by atoms with Gasteiger partial charge >= 0.3 is 0 Å². The van der Waals surface area contributed by atoms with Gasteiger partial charge in [0, 0.05) is 24.4 Å². The fourth-order valence-corrected chi connectivity index (χ4v) is 2.03. The molecule has 1 heterocycles. The maximum absolute atomic E-state index is 6.26. The topological polar surface area (TPSA) is 38.9 Å². The van der Waals surface area contributed by atoms with Crippen LogP contribution in [-0.4, -0.2) is 4.98 Å². The van der Waals surface area contributed by atoms with Crippen molar-refractivity contribution in [3.8, 4) is 0 Å². The number of hydrogen-bond donors (Lipinski definition) is 1. The van der Waals surface area contributed by atoms with Gasteiger partial charge in [0.15, 0.2) is 0 Å². The van der Waals surface area contributed by atoms with Gasteiger partial charge in [0.05, 0.1) is 0 Å². The van der Waals surface area contributed by atoms with Crippen molar-refractivity contribution >= 4 is 0 Å². The number of benzene rings is 1. The first-order valence-corrected chi connectivity index (χ1v) is 5.90. The highest BCUT2D eigenvalue weighted by molar-refractivity contribution is 5.35. The van der Waals surface area contributed by atoms with E-state index in [-0.39, 0.29) is 6.04 Å². The van der Waals surface area contributed by atoms with Crippen LogP contribution < -0.4 is 5.73 Å². The average Bonchev–Trinajstić information content (AvgIpc) is 2.34. The highest BCUT2D eigenvalue weighted by Gasteiger charge is 2.11. The van der Waals surface area contributed by atoms with Gasteiger partial charge in [-0.2, -0.15) is 0 Å². The number of nitrogens with zero attached hydrogens (tertiary/aromatic N) is 1. The zero-order chi connectivity index (χ0) is 12.3. The molecule has 2 heteroatoms. The van der Waals surface area contributed by atoms with E-state index >= 15 is 0 Å². The van der Waals surface area contributed by atoms with Gasteiger partial charge in [0.1, 0.15) is 0 Å². The zero-order valence-corrected chi connectivity index (χ0v) is 10.4. The van der Waals surface area contributed by atoms with Crippen LogP contribution in [0.4, 0.5) is 0 Å². The van der Waals surface area contributed by atoms with Gasteiger partial charge in [0.2, 0.25) is 0 Å². The number of hydrogen-bond acceptors (Lipinski definition) is 2. The third kappa shape index (κ3) is 2.71. The second kappa shape index (κ2) is 5.11. The minimum Gasteiger partial charge on any atom is -0.324 e. The molecule has 0 aliphatic heterocycles. The highest BCUT2D eigenvalue weighted by Crippen LogP contribution is 2.21. The molecule has 0 bridgehead atoms. The van der Waals surface area contributed by atoms with Gasteiger partial charge in [-0.25, -0.2) is 0 Å². The van der Waals surface area contributed by atoms with Crippen molar-refractivity contribution in [1.82, 2.24) is 4.98 Å². The van der Waals surface area contributed by atoms with Crippen LogP contribution >= 0.6 is 0 Å². The molecule has 2 nitrogen and oxygen atoms in total. The first-order chi connectivity index (χ1) is 8.18. The zero-order valence-electron chi connectivity index (χ0n) is 10.4. The monoisotopic (exact) mass is 226 g/mol. The Labute approximate surface area is 103 Å². The standard InChI is InChI=1S/C15H18N2/c1-11-6-5-8-14(12(11)2)15(16)10-13-7-3-4-9-17-13/h3-9,15H,10,16H2,1-2H3. The Morgan fingerprint density at radius 3 is 2.65 bits per heavy atom. The summed E-state index contributed by atoms with van der Waals surface area (Å²) in [5, 5.41) is 0. The van der Waals surface area contributed by atoms with E-state index in [0.29, 0.717) is 0 Å². The van der Waals surface area contributed by atoms with Crippen molar-refractivity contribution in [2.75, 3.05) is 0 Å². The van der Waals surface area contributed by atoms with E-state index in [1.807, 2.05) is 24.4 Å². The molecule has 1 aromatic carbocycles. The van der Waals surface area contributed by atoms with Gasteiger partial charge in [-0.15, -0.1) is 0 Å². The van der Waals surface area contributed by atoms with Crippen LogP contribution in [0.1, 0.15) is 28.4 Å². The molecule has 0 saturated carbocycles. The predicted octanol–water partition coefficient (Wildman–Crippen LogP) is 2.94. The van der Waals surface area contributed by atoms with Crippen LogP contribution in [0.3, 0.4) is 0 Å². The molecule has 88 valence electrons. The molecular weight excluding hydrogens is 208 g/mol. The molecule has 0 aliphatic rings. The Morgan fingerprint density at radius 1 is 1.12 bits per heavy atom. The molecule has 1 unspecified atom stereocenters. The van der Waals surface area contributed by atoms with Gasteiger partial charge < -0.3 is 5.73 Å². The predicted molar refractivity (Wildman–Crippen MR) is 70.8 cm³/mol. The summed E-state index contributed by atoms with van der Waals surface area (Å²) in [6, 6.07) is 12.2. The molecular formula is C15H18N2. The van der Waals surface area contributed by atoms with Gasteiger partial charge in [-0.3, -0.25) is 4.98 Å². The first-order valence-electron chi connectivity index (χ1n) is 5.90. The van der Waals surface area contributed by atoms with Crippen LogP contribution in [0.25, 0.3) is 0 Å². The lowest BCUT2D eigenvalue weighted by Gasteiger charge is -2.15. The fourth-order valence-electron chi connectivity index (χ4n) is 2.03. The molecule has 0 fully saturated rings. The van der Waals surface area contributed by atoms with Crippen LogP contribution in [0, 0.1) is 13.8 Å². The average molecular weight is 226 g/mol. The third-order valence-corrected chi connectivity index (χ3v) is 3.20. The van der Waals surface area contributed by atoms with E-state index in [0.717, 1.165) is 12.1 Å². The smallest absolute Gasteiger partial charge is 0.0422 e. The van der Waals surface area contributed by atoms with Gasteiger partial charge in [-0.05, 0) is 42.7 Å². The van der Waals surface area contributed by atoms with Crippen LogP contribution in [0.5, 0.6) is 0 Å². The van der Waals surface area contributed by atoms with Crippen molar-refractivity contribution < 1.29 is 0 Å². The number of rotatable bonds is 3. The normalized spacial score (nSPS) is 12.4. The number of nitrogens with two attached hydrogens (primary N) is 1. The molecule has 2 rings (SSSR count). The quantitative estimate of drug-likeness (QED) is 0.874. The highest BCUT2D eigenvalue weighted by atomic mass is 14.7. The first kappa shape index (κ1) is 11.8. The van der Waals surface area contributed by atoms with Crippen LogP contribution in [0.2, 0.25) is 0 Å². The Balaban J connectivity index is 2.20. The van der Waals surface area contributed by atoms with E-state index in [9.17, 15) is 0 Å². The molecule has 0 amide bonds. The summed E-state index contributed by atoms with van der Waals surface area (Å²) >= 11 is 0. The van der Waals surface area contributed by atoms with Crippen molar-refractivity contribution in [3.63, 3.8) is 0 Å². The summed E-state index contributed by atoms with van der Waals surface area (Å²) in [5.41, 5.74) is 11.1. The van der Waals surface area contributed by atoms with Crippen molar-refractivity contribution in [1.29, 1.82) is 0 Å². The minimum atomic E-state index is 0.0183. The molecule has 2 N–H and O–H groups in total. The lowest BCUT2D eigenvalue weighted by Crippen LogP contribution is -2.15. The molecule has 0 radical (unpaired) electrons. The summed E-state index contributed by atoms with van der Waals surface area (Å²) in [6.07, 6.45) is 2.59. The third-order valence-electron chi connectivity index (χ3n) is 3.20. The maximum atomic E-state index is 6.26. The van der Waals surface area contributed by atoms with E-state index in [1.165, 1.54) is 16.7 Å². The second-order valence-electron chi connectivity index (χ2n) is 4.42. The molecule has 2 aromatic rings. The summed E-state index contributed by atoms with van der Waals surface area (Å²) in [7, 11) is 0. The van der Waals surface area contributed by atoms with Crippen LogP contribution in [0.15, 0.2) is 42.6 Å². The summed E-state index contributed by atoms with van der Waals surface area (Å²) in [5.74, 6) is 0. The Morgan fingerprint density at radius 2 is 1.94 bits per heavy atom. The maximum Gasteiger partial charge on any atom is 0.0422 e. The number of aromatic nitrogens is 1. The Kier molecular flexibility index (Phi) is 3.55. The molecule has 1 aromatic heterocycles.